The number of rotatable bonds is 4. The lowest BCUT2D eigenvalue weighted by atomic mass is 9.86. The van der Waals surface area contributed by atoms with Crippen molar-refractivity contribution in [1.29, 1.82) is 0 Å². The van der Waals surface area contributed by atoms with Gasteiger partial charge in [0, 0.05) is 30.8 Å². The molecule has 1 aliphatic rings. The van der Waals surface area contributed by atoms with Crippen LogP contribution in [0.5, 0.6) is 0 Å². The van der Waals surface area contributed by atoms with Gasteiger partial charge >= 0.3 is 0 Å². The van der Waals surface area contributed by atoms with Crippen LogP contribution in [0.25, 0.3) is 0 Å². The van der Waals surface area contributed by atoms with E-state index in [1.165, 1.54) is 12.8 Å². The average molecular weight is 272 g/mol. The van der Waals surface area contributed by atoms with Gasteiger partial charge in [0.1, 0.15) is 0 Å². The summed E-state index contributed by atoms with van der Waals surface area (Å²) in [4.78, 5) is 8.66. The number of hydrogen-bond donors (Lipinski definition) is 1. The van der Waals surface area contributed by atoms with Gasteiger partial charge in [-0.25, -0.2) is 0 Å². The standard InChI is InChI=1S/C15H20N4O/c1-16-13-6-4-12(5-7-13)15-18-14(19-20-15)9-11-3-2-8-17-10-11/h2-3,8,10,12-13,16H,4-7,9H2,1H3. The van der Waals surface area contributed by atoms with Gasteiger partial charge in [-0.2, -0.15) is 4.98 Å². The monoisotopic (exact) mass is 272 g/mol. The minimum absolute atomic E-state index is 0.426. The average Bonchev–Trinajstić information content (AvgIpc) is 2.97. The van der Waals surface area contributed by atoms with Crippen molar-refractivity contribution in [3.8, 4) is 0 Å². The Morgan fingerprint density at radius 3 is 2.85 bits per heavy atom. The van der Waals surface area contributed by atoms with Crippen LogP contribution in [0.2, 0.25) is 0 Å². The Kier molecular flexibility index (Phi) is 4.06. The Labute approximate surface area is 118 Å². The topological polar surface area (TPSA) is 63.8 Å². The highest BCUT2D eigenvalue weighted by molar-refractivity contribution is 5.14. The SMILES string of the molecule is CNC1CCC(c2nc(Cc3cccnc3)no2)CC1. The molecule has 0 saturated heterocycles. The summed E-state index contributed by atoms with van der Waals surface area (Å²) in [6.07, 6.45) is 8.91. The maximum absolute atomic E-state index is 5.44. The van der Waals surface area contributed by atoms with Gasteiger partial charge in [-0.05, 0) is 44.4 Å². The van der Waals surface area contributed by atoms with Crippen LogP contribution in [0.1, 0.15) is 48.9 Å². The molecular weight excluding hydrogens is 252 g/mol. The van der Waals surface area contributed by atoms with Crippen LogP contribution in [0.3, 0.4) is 0 Å². The highest BCUT2D eigenvalue weighted by Crippen LogP contribution is 2.31. The summed E-state index contributed by atoms with van der Waals surface area (Å²) in [6.45, 7) is 0. The van der Waals surface area contributed by atoms with Crippen LogP contribution in [0.4, 0.5) is 0 Å². The summed E-state index contributed by atoms with van der Waals surface area (Å²) < 4.78 is 5.44. The second kappa shape index (κ2) is 6.13. The number of hydrogen-bond acceptors (Lipinski definition) is 5. The Hall–Kier alpha value is -1.75. The van der Waals surface area contributed by atoms with Crippen molar-refractivity contribution in [2.75, 3.05) is 7.05 Å². The number of pyridine rings is 1. The predicted molar refractivity (Wildman–Crippen MR) is 75.4 cm³/mol. The lowest BCUT2D eigenvalue weighted by Gasteiger charge is -2.25. The van der Waals surface area contributed by atoms with Gasteiger partial charge in [0.05, 0.1) is 0 Å². The number of nitrogens with one attached hydrogen (secondary N) is 1. The van der Waals surface area contributed by atoms with E-state index in [1.54, 1.807) is 6.20 Å². The molecule has 1 saturated carbocycles. The van der Waals surface area contributed by atoms with Gasteiger partial charge in [0.25, 0.3) is 0 Å². The Bertz CT molecular complexity index is 532. The van der Waals surface area contributed by atoms with Crippen molar-refractivity contribution in [3.63, 3.8) is 0 Å². The molecule has 0 bridgehead atoms. The van der Waals surface area contributed by atoms with E-state index in [0.717, 1.165) is 30.1 Å². The van der Waals surface area contributed by atoms with E-state index in [-0.39, 0.29) is 0 Å². The van der Waals surface area contributed by atoms with Crippen molar-refractivity contribution in [1.82, 2.24) is 20.4 Å². The molecule has 0 amide bonds. The van der Waals surface area contributed by atoms with E-state index >= 15 is 0 Å². The minimum atomic E-state index is 0.426. The third kappa shape index (κ3) is 3.04. The molecule has 0 unspecified atom stereocenters. The van der Waals surface area contributed by atoms with Crippen LogP contribution >= 0.6 is 0 Å². The zero-order valence-electron chi connectivity index (χ0n) is 11.7. The molecule has 1 aliphatic carbocycles. The lowest BCUT2D eigenvalue weighted by Crippen LogP contribution is -2.29. The van der Waals surface area contributed by atoms with Crippen LogP contribution in [0.15, 0.2) is 29.0 Å². The third-order valence-corrected chi connectivity index (χ3v) is 4.05. The molecule has 5 heteroatoms. The third-order valence-electron chi connectivity index (χ3n) is 4.05. The molecule has 20 heavy (non-hydrogen) atoms. The summed E-state index contributed by atoms with van der Waals surface area (Å²) in [6, 6.07) is 4.60. The molecule has 0 spiro atoms. The quantitative estimate of drug-likeness (QED) is 0.925. The fourth-order valence-electron chi connectivity index (χ4n) is 2.82. The van der Waals surface area contributed by atoms with E-state index in [4.69, 9.17) is 4.52 Å². The first-order valence-electron chi connectivity index (χ1n) is 7.24. The van der Waals surface area contributed by atoms with Crippen LogP contribution in [-0.2, 0) is 6.42 Å². The van der Waals surface area contributed by atoms with E-state index < -0.39 is 0 Å². The number of nitrogens with zero attached hydrogens (tertiary/aromatic N) is 3. The molecule has 5 nitrogen and oxygen atoms in total. The lowest BCUT2D eigenvalue weighted by molar-refractivity contribution is 0.287. The van der Waals surface area contributed by atoms with Crippen molar-refractivity contribution >= 4 is 0 Å². The summed E-state index contributed by atoms with van der Waals surface area (Å²) in [5, 5.41) is 7.44. The second-order valence-electron chi connectivity index (χ2n) is 5.42. The Balaban J connectivity index is 1.62. The summed E-state index contributed by atoms with van der Waals surface area (Å²) >= 11 is 0. The van der Waals surface area contributed by atoms with Crippen LogP contribution in [0, 0.1) is 0 Å². The summed E-state index contributed by atoms with van der Waals surface area (Å²) in [5.74, 6) is 1.98. The van der Waals surface area contributed by atoms with E-state index in [0.29, 0.717) is 18.4 Å². The smallest absolute Gasteiger partial charge is 0.229 e. The second-order valence-corrected chi connectivity index (χ2v) is 5.42. The molecule has 1 N–H and O–H groups in total. The Morgan fingerprint density at radius 1 is 1.30 bits per heavy atom. The van der Waals surface area contributed by atoms with E-state index in [1.807, 2.05) is 25.4 Å². The maximum atomic E-state index is 5.44. The van der Waals surface area contributed by atoms with Crippen molar-refractivity contribution in [2.24, 2.45) is 0 Å². The molecule has 0 aliphatic heterocycles. The first-order valence-corrected chi connectivity index (χ1v) is 7.24. The largest absolute Gasteiger partial charge is 0.339 e. The van der Waals surface area contributed by atoms with Crippen LogP contribution < -0.4 is 5.32 Å². The molecule has 2 aromatic rings. The van der Waals surface area contributed by atoms with Gasteiger partial charge in [0.2, 0.25) is 5.89 Å². The summed E-state index contributed by atoms with van der Waals surface area (Å²) in [5.41, 5.74) is 1.11. The number of aromatic nitrogens is 3. The first-order chi connectivity index (χ1) is 9.85. The predicted octanol–water partition coefficient (Wildman–Crippen LogP) is 2.30. The highest BCUT2D eigenvalue weighted by Gasteiger charge is 2.25. The molecule has 106 valence electrons. The zero-order valence-corrected chi connectivity index (χ0v) is 11.7. The molecule has 2 aromatic heterocycles. The normalized spacial score (nSPS) is 22.9. The molecular formula is C15H20N4O. The molecule has 0 atom stereocenters. The fourth-order valence-corrected chi connectivity index (χ4v) is 2.82. The molecule has 0 radical (unpaired) electrons. The van der Waals surface area contributed by atoms with Gasteiger partial charge in [-0.1, -0.05) is 11.2 Å². The van der Waals surface area contributed by atoms with Gasteiger partial charge in [-0.3, -0.25) is 4.98 Å². The van der Waals surface area contributed by atoms with Gasteiger partial charge < -0.3 is 9.84 Å². The molecule has 2 heterocycles. The maximum Gasteiger partial charge on any atom is 0.229 e. The zero-order chi connectivity index (χ0) is 13.8. The van der Waals surface area contributed by atoms with Crippen molar-refractivity contribution in [3.05, 3.63) is 41.8 Å². The van der Waals surface area contributed by atoms with E-state index in [9.17, 15) is 0 Å². The first kappa shape index (κ1) is 13.2. The van der Waals surface area contributed by atoms with Crippen molar-refractivity contribution in [2.45, 2.75) is 44.1 Å². The molecule has 0 aromatic carbocycles. The molecule has 3 rings (SSSR count). The van der Waals surface area contributed by atoms with Crippen LogP contribution in [-0.4, -0.2) is 28.2 Å². The molecule has 1 fully saturated rings. The summed E-state index contributed by atoms with van der Waals surface area (Å²) in [7, 11) is 2.03. The highest BCUT2D eigenvalue weighted by atomic mass is 16.5. The van der Waals surface area contributed by atoms with Gasteiger partial charge in [-0.15, -0.1) is 0 Å². The van der Waals surface area contributed by atoms with Gasteiger partial charge in [0.15, 0.2) is 5.82 Å². The van der Waals surface area contributed by atoms with Crippen molar-refractivity contribution < 1.29 is 4.52 Å². The fraction of sp³-hybridized carbons (Fsp3) is 0.533. The minimum Gasteiger partial charge on any atom is -0.339 e. The Morgan fingerprint density at radius 2 is 2.15 bits per heavy atom. The van der Waals surface area contributed by atoms with E-state index in [2.05, 4.69) is 20.4 Å².